The SMILES string of the molecule is COC[C@@H](C)Nc1ccc(S(=O)(=O)Nc2ccccc2)cc1[N+](=O)[O-]. The molecule has 8 nitrogen and oxygen atoms in total. The van der Waals surface area contributed by atoms with Gasteiger partial charge in [-0.1, -0.05) is 18.2 Å². The van der Waals surface area contributed by atoms with Crippen molar-refractivity contribution in [2.45, 2.75) is 17.9 Å². The van der Waals surface area contributed by atoms with Crippen molar-refractivity contribution in [2.24, 2.45) is 0 Å². The second-order valence-corrected chi connectivity index (χ2v) is 7.09. The molecule has 2 aromatic carbocycles. The highest BCUT2D eigenvalue weighted by atomic mass is 32.2. The van der Waals surface area contributed by atoms with Gasteiger partial charge in [0, 0.05) is 24.9 Å². The molecule has 0 saturated heterocycles. The van der Waals surface area contributed by atoms with Crippen LogP contribution in [0.1, 0.15) is 6.92 Å². The Balaban J connectivity index is 2.33. The van der Waals surface area contributed by atoms with E-state index in [-0.39, 0.29) is 22.3 Å². The van der Waals surface area contributed by atoms with E-state index in [4.69, 9.17) is 4.74 Å². The van der Waals surface area contributed by atoms with E-state index in [1.165, 1.54) is 19.2 Å². The number of sulfonamides is 1. The monoisotopic (exact) mass is 365 g/mol. The van der Waals surface area contributed by atoms with Crippen LogP contribution in [0.5, 0.6) is 0 Å². The number of ether oxygens (including phenoxy) is 1. The van der Waals surface area contributed by atoms with Crippen LogP contribution in [0.25, 0.3) is 0 Å². The smallest absolute Gasteiger partial charge is 0.293 e. The van der Waals surface area contributed by atoms with Crippen LogP contribution in [0.4, 0.5) is 17.1 Å². The van der Waals surface area contributed by atoms with E-state index in [1.807, 2.05) is 0 Å². The van der Waals surface area contributed by atoms with Crippen molar-refractivity contribution >= 4 is 27.1 Å². The number of para-hydroxylation sites is 1. The second kappa shape index (κ2) is 7.95. The van der Waals surface area contributed by atoms with Gasteiger partial charge in [-0.25, -0.2) is 8.42 Å². The molecule has 0 aromatic heterocycles. The summed E-state index contributed by atoms with van der Waals surface area (Å²) in [5.74, 6) is 0. The first kappa shape index (κ1) is 18.7. The van der Waals surface area contributed by atoms with Crippen LogP contribution in [0, 0.1) is 10.1 Å². The molecule has 0 aliphatic rings. The number of nitrogens with zero attached hydrogens (tertiary/aromatic N) is 1. The highest BCUT2D eigenvalue weighted by Crippen LogP contribution is 2.29. The van der Waals surface area contributed by atoms with Gasteiger partial charge in [0.25, 0.3) is 15.7 Å². The van der Waals surface area contributed by atoms with Crippen LogP contribution < -0.4 is 10.0 Å². The lowest BCUT2D eigenvalue weighted by atomic mass is 10.2. The van der Waals surface area contributed by atoms with Crippen molar-refractivity contribution < 1.29 is 18.1 Å². The Hall–Kier alpha value is -2.65. The molecule has 0 heterocycles. The summed E-state index contributed by atoms with van der Waals surface area (Å²) in [6.07, 6.45) is 0. The van der Waals surface area contributed by atoms with Gasteiger partial charge in [0.1, 0.15) is 5.69 Å². The number of anilines is 2. The molecule has 134 valence electrons. The summed E-state index contributed by atoms with van der Waals surface area (Å²) in [5, 5.41) is 14.3. The van der Waals surface area contributed by atoms with Gasteiger partial charge in [-0.3, -0.25) is 14.8 Å². The number of nitrogens with one attached hydrogen (secondary N) is 2. The first-order valence-corrected chi connectivity index (χ1v) is 8.93. The van der Waals surface area contributed by atoms with Gasteiger partial charge >= 0.3 is 0 Å². The summed E-state index contributed by atoms with van der Waals surface area (Å²) in [5.41, 5.74) is 0.285. The minimum Gasteiger partial charge on any atom is -0.383 e. The molecule has 1 atom stereocenters. The van der Waals surface area contributed by atoms with E-state index >= 15 is 0 Å². The van der Waals surface area contributed by atoms with Crippen molar-refractivity contribution in [2.75, 3.05) is 23.8 Å². The zero-order valence-electron chi connectivity index (χ0n) is 13.8. The number of nitro benzene ring substituents is 1. The van der Waals surface area contributed by atoms with Gasteiger partial charge in [0.2, 0.25) is 0 Å². The zero-order valence-corrected chi connectivity index (χ0v) is 14.6. The van der Waals surface area contributed by atoms with Crippen molar-refractivity contribution in [3.05, 3.63) is 58.6 Å². The fourth-order valence-electron chi connectivity index (χ4n) is 2.23. The maximum absolute atomic E-state index is 12.4. The van der Waals surface area contributed by atoms with Crippen LogP contribution in [-0.2, 0) is 14.8 Å². The highest BCUT2D eigenvalue weighted by molar-refractivity contribution is 7.92. The summed E-state index contributed by atoms with van der Waals surface area (Å²) >= 11 is 0. The summed E-state index contributed by atoms with van der Waals surface area (Å²) in [7, 11) is -2.41. The van der Waals surface area contributed by atoms with Crippen LogP contribution in [-0.4, -0.2) is 33.1 Å². The molecule has 2 N–H and O–H groups in total. The predicted molar refractivity (Wildman–Crippen MR) is 95.3 cm³/mol. The van der Waals surface area contributed by atoms with E-state index < -0.39 is 14.9 Å². The largest absolute Gasteiger partial charge is 0.383 e. The van der Waals surface area contributed by atoms with Crippen LogP contribution in [0.3, 0.4) is 0 Å². The average molecular weight is 365 g/mol. The van der Waals surface area contributed by atoms with Crippen LogP contribution in [0.2, 0.25) is 0 Å². The summed E-state index contributed by atoms with van der Waals surface area (Å²) in [6, 6.07) is 11.9. The molecule has 0 aliphatic carbocycles. The second-order valence-electron chi connectivity index (χ2n) is 5.41. The van der Waals surface area contributed by atoms with Crippen molar-refractivity contribution in [1.29, 1.82) is 0 Å². The van der Waals surface area contributed by atoms with Gasteiger partial charge in [-0.05, 0) is 31.2 Å². The summed E-state index contributed by atoms with van der Waals surface area (Å²) in [6.45, 7) is 2.15. The lowest BCUT2D eigenvalue weighted by Gasteiger charge is -2.15. The molecule has 0 bridgehead atoms. The van der Waals surface area contributed by atoms with Gasteiger partial charge in [0.15, 0.2) is 0 Å². The topological polar surface area (TPSA) is 111 Å². The molecule has 9 heteroatoms. The van der Waals surface area contributed by atoms with Gasteiger partial charge in [-0.15, -0.1) is 0 Å². The number of nitro groups is 1. The van der Waals surface area contributed by atoms with E-state index in [0.29, 0.717) is 12.3 Å². The Morgan fingerprint density at radius 1 is 1.20 bits per heavy atom. The van der Waals surface area contributed by atoms with Crippen molar-refractivity contribution in [3.63, 3.8) is 0 Å². The maximum atomic E-state index is 12.4. The van der Waals surface area contributed by atoms with Gasteiger partial charge in [-0.2, -0.15) is 0 Å². The molecule has 0 unspecified atom stereocenters. The molecule has 2 rings (SSSR count). The molecule has 0 amide bonds. The third kappa shape index (κ3) is 4.91. The number of hydrogen-bond donors (Lipinski definition) is 2. The normalized spacial score (nSPS) is 12.4. The molecule has 0 aliphatic heterocycles. The Labute approximate surface area is 146 Å². The predicted octanol–water partition coefficient (Wildman–Crippen LogP) is 2.84. The molecule has 0 fully saturated rings. The number of methoxy groups -OCH3 is 1. The van der Waals surface area contributed by atoms with Gasteiger partial charge in [0.05, 0.1) is 16.4 Å². The molecular formula is C16H19N3O5S. The third-order valence-corrected chi connectivity index (χ3v) is 4.70. The minimum atomic E-state index is -3.93. The summed E-state index contributed by atoms with van der Waals surface area (Å²) < 4.78 is 32.2. The molecule has 0 saturated carbocycles. The fraction of sp³-hybridized carbons (Fsp3) is 0.250. The third-order valence-electron chi connectivity index (χ3n) is 3.32. The Bertz CT molecular complexity index is 840. The quantitative estimate of drug-likeness (QED) is 0.550. The number of hydrogen-bond acceptors (Lipinski definition) is 6. The van der Waals surface area contributed by atoms with Crippen LogP contribution >= 0.6 is 0 Å². The molecule has 0 spiro atoms. The molecule has 2 aromatic rings. The molecular weight excluding hydrogens is 346 g/mol. The maximum Gasteiger partial charge on any atom is 0.293 e. The summed E-state index contributed by atoms with van der Waals surface area (Å²) in [4.78, 5) is 10.5. The standard InChI is InChI=1S/C16H19N3O5S/c1-12(11-24-2)17-15-9-8-14(10-16(15)19(20)21)25(22,23)18-13-6-4-3-5-7-13/h3-10,12,17-18H,11H2,1-2H3/t12-/m1/s1. The minimum absolute atomic E-state index is 0.173. The van der Waals surface area contributed by atoms with Crippen molar-refractivity contribution in [1.82, 2.24) is 0 Å². The Morgan fingerprint density at radius 3 is 2.48 bits per heavy atom. The fourth-order valence-corrected chi connectivity index (χ4v) is 3.31. The van der Waals surface area contributed by atoms with E-state index in [2.05, 4.69) is 10.0 Å². The Morgan fingerprint density at radius 2 is 1.88 bits per heavy atom. The molecule has 0 radical (unpaired) electrons. The number of benzene rings is 2. The van der Waals surface area contributed by atoms with Crippen molar-refractivity contribution in [3.8, 4) is 0 Å². The highest BCUT2D eigenvalue weighted by Gasteiger charge is 2.22. The first-order chi connectivity index (χ1) is 11.8. The lowest BCUT2D eigenvalue weighted by Crippen LogP contribution is -2.21. The van der Waals surface area contributed by atoms with E-state index in [9.17, 15) is 18.5 Å². The van der Waals surface area contributed by atoms with Gasteiger partial charge < -0.3 is 10.1 Å². The van der Waals surface area contributed by atoms with Crippen LogP contribution in [0.15, 0.2) is 53.4 Å². The number of rotatable bonds is 8. The molecule has 25 heavy (non-hydrogen) atoms. The average Bonchev–Trinajstić information content (AvgIpc) is 2.55. The lowest BCUT2D eigenvalue weighted by molar-refractivity contribution is -0.384. The van der Waals surface area contributed by atoms with E-state index in [0.717, 1.165) is 6.07 Å². The first-order valence-electron chi connectivity index (χ1n) is 7.45. The zero-order chi connectivity index (χ0) is 18.4. The Kier molecular flexibility index (Phi) is 5.94. The van der Waals surface area contributed by atoms with E-state index in [1.54, 1.807) is 37.3 Å².